The normalized spacial score (nSPS) is 11.0. The first-order valence-corrected chi connectivity index (χ1v) is 3.60. The van der Waals surface area contributed by atoms with Crippen molar-refractivity contribution in [3.63, 3.8) is 0 Å². The first-order valence-electron chi connectivity index (χ1n) is 3.22. The molecule has 0 aliphatic heterocycles. The van der Waals surface area contributed by atoms with Crippen molar-refractivity contribution in [1.29, 1.82) is 5.26 Å². The molecule has 0 aromatic heterocycles. The maximum absolute atomic E-state index is 12.9. The summed E-state index contributed by atoms with van der Waals surface area (Å²) in [7, 11) is 0. The SMILES string of the molecule is N#CC(F)(F)c1cccc(Cl)c1F. The van der Waals surface area contributed by atoms with Crippen LogP contribution in [-0.2, 0) is 5.92 Å². The zero-order valence-corrected chi connectivity index (χ0v) is 6.95. The maximum Gasteiger partial charge on any atom is 0.360 e. The van der Waals surface area contributed by atoms with Gasteiger partial charge in [0.25, 0.3) is 0 Å². The molecule has 0 aliphatic carbocycles. The zero-order valence-electron chi connectivity index (χ0n) is 6.19. The number of hydrogen-bond acceptors (Lipinski definition) is 1. The molecule has 0 N–H and O–H groups in total. The Labute approximate surface area is 77.4 Å². The van der Waals surface area contributed by atoms with Gasteiger partial charge in [0, 0.05) is 0 Å². The van der Waals surface area contributed by atoms with E-state index in [1.807, 2.05) is 0 Å². The molecule has 0 atom stereocenters. The average molecular weight is 206 g/mol. The predicted octanol–water partition coefficient (Wildman–Crippen LogP) is 3.09. The third-order valence-electron chi connectivity index (χ3n) is 1.43. The van der Waals surface area contributed by atoms with Gasteiger partial charge < -0.3 is 0 Å². The third-order valence-corrected chi connectivity index (χ3v) is 1.72. The Morgan fingerprint density at radius 1 is 1.38 bits per heavy atom. The molecule has 0 fully saturated rings. The summed E-state index contributed by atoms with van der Waals surface area (Å²) in [4.78, 5) is 0. The lowest BCUT2D eigenvalue weighted by atomic mass is 10.1. The van der Waals surface area contributed by atoms with Crippen LogP contribution in [-0.4, -0.2) is 0 Å². The van der Waals surface area contributed by atoms with E-state index in [1.54, 1.807) is 0 Å². The molecule has 1 rings (SSSR count). The van der Waals surface area contributed by atoms with Gasteiger partial charge in [0.1, 0.15) is 6.07 Å². The van der Waals surface area contributed by atoms with E-state index < -0.39 is 22.3 Å². The van der Waals surface area contributed by atoms with Crippen molar-refractivity contribution in [3.05, 3.63) is 34.6 Å². The first-order chi connectivity index (χ1) is 5.99. The maximum atomic E-state index is 12.9. The first kappa shape index (κ1) is 9.87. The zero-order chi connectivity index (χ0) is 10.1. The molecule has 0 bridgehead atoms. The fourth-order valence-electron chi connectivity index (χ4n) is 0.807. The molecular formula is C8H3ClF3N. The monoisotopic (exact) mass is 205 g/mol. The minimum absolute atomic E-state index is 0.424. The molecule has 0 amide bonds. The van der Waals surface area contributed by atoms with Gasteiger partial charge in [0.15, 0.2) is 5.82 Å². The topological polar surface area (TPSA) is 23.8 Å². The number of nitrogens with zero attached hydrogens (tertiary/aromatic N) is 1. The third kappa shape index (κ3) is 1.76. The van der Waals surface area contributed by atoms with E-state index in [0.29, 0.717) is 6.07 Å². The molecule has 0 spiro atoms. The van der Waals surface area contributed by atoms with Crippen LogP contribution >= 0.6 is 11.6 Å². The molecule has 1 nitrogen and oxygen atoms in total. The Hall–Kier alpha value is -1.21. The average Bonchev–Trinajstić information content (AvgIpc) is 2.09. The molecule has 1 aromatic carbocycles. The lowest BCUT2D eigenvalue weighted by molar-refractivity contribution is 0.0572. The van der Waals surface area contributed by atoms with Gasteiger partial charge in [0.05, 0.1) is 10.6 Å². The Kier molecular flexibility index (Phi) is 2.48. The summed E-state index contributed by atoms with van der Waals surface area (Å²) in [5, 5.41) is 7.63. The van der Waals surface area contributed by atoms with Gasteiger partial charge in [-0.15, -0.1) is 0 Å². The van der Waals surface area contributed by atoms with Crippen molar-refractivity contribution in [2.24, 2.45) is 0 Å². The van der Waals surface area contributed by atoms with Gasteiger partial charge in [-0.25, -0.2) is 4.39 Å². The Bertz CT molecular complexity index is 370. The second-order valence-electron chi connectivity index (χ2n) is 2.29. The van der Waals surface area contributed by atoms with Crippen LogP contribution in [0.2, 0.25) is 5.02 Å². The van der Waals surface area contributed by atoms with Gasteiger partial charge in [0.2, 0.25) is 0 Å². The predicted molar refractivity (Wildman–Crippen MR) is 40.9 cm³/mol. The van der Waals surface area contributed by atoms with E-state index in [2.05, 4.69) is 0 Å². The van der Waals surface area contributed by atoms with E-state index in [1.165, 1.54) is 0 Å². The van der Waals surface area contributed by atoms with E-state index >= 15 is 0 Å². The summed E-state index contributed by atoms with van der Waals surface area (Å²) >= 11 is 5.26. The number of hydrogen-bond donors (Lipinski definition) is 0. The van der Waals surface area contributed by atoms with Gasteiger partial charge in [-0.3, -0.25) is 0 Å². The molecule has 0 unspecified atom stereocenters. The van der Waals surface area contributed by atoms with Crippen molar-refractivity contribution >= 4 is 11.6 Å². The molecule has 68 valence electrons. The van der Waals surface area contributed by atoms with Crippen molar-refractivity contribution in [1.82, 2.24) is 0 Å². The molecule has 0 saturated carbocycles. The smallest absolute Gasteiger partial charge is 0.205 e. The number of alkyl halides is 2. The molecule has 0 aliphatic rings. The van der Waals surface area contributed by atoms with E-state index in [4.69, 9.17) is 16.9 Å². The summed E-state index contributed by atoms with van der Waals surface area (Å²) in [5.41, 5.74) is -0.998. The van der Waals surface area contributed by atoms with E-state index in [0.717, 1.165) is 18.2 Å². The molecule has 0 saturated heterocycles. The van der Waals surface area contributed by atoms with Crippen LogP contribution in [0.25, 0.3) is 0 Å². The number of halogens is 4. The lowest BCUT2D eigenvalue weighted by Crippen LogP contribution is -2.12. The van der Waals surface area contributed by atoms with Crippen LogP contribution < -0.4 is 0 Å². The number of benzene rings is 1. The standard InChI is InChI=1S/C8H3ClF3N/c9-6-3-1-2-5(7(6)10)8(11,12)4-13/h1-3H. The summed E-state index contributed by atoms with van der Waals surface area (Å²) in [5.74, 6) is -5.09. The molecule has 13 heavy (non-hydrogen) atoms. The highest BCUT2D eigenvalue weighted by atomic mass is 35.5. The molecule has 0 heterocycles. The van der Waals surface area contributed by atoms with Gasteiger partial charge >= 0.3 is 5.92 Å². The van der Waals surface area contributed by atoms with Crippen LogP contribution in [0.3, 0.4) is 0 Å². The van der Waals surface area contributed by atoms with Crippen LogP contribution in [0.15, 0.2) is 18.2 Å². The minimum atomic E-state index is -3.84. The lowest BCUT2D eigenvalue weighted by Gasteiger charge is -2.08. The van der Waals surface area contributed by atoms with Gasteiger partial charge in [-0.2, -0.15) is 14.0 Å². The summed E-state index contributed by atoms with van der Waals surface area (Å²) in [6.07, 6.45) is 0. The molecule has 1 aromatic rings. The quantitative estimate of drug-likeness (QED) is 0.691. The van der Waals surface area contributed by atoms with Crippen molar-refractivity contribution in [3.8, 4) is 6.07 Å². The second-order valence-corrected chi connectivity index (χ2v) is 2.69. The van der Waals surface area contributed by atoms with Gasteiger partial charge in [-0.05, 0) is 12.1 Å². The second kappa shape index (κ2) is 3.27. The Balaban J connectivity index is 3.33. The van der Waals surface area contributed by atoms with Crippen molar-refractivity contribution in [2.75, 3.05) is 0 Å². The number of rotatable bonds is 1. The highest BCUT2D eigenvalue weighted by Crippen LogP contribution is 2.31. The fraction of sp³-hybridized carbons (Fsp3) is 0.125. The molecular weight excluding hydrogens is 203 g/mol. The van der Waals surface area contributed by atoms with Crippen LogP contribution in [0.1, 0.15) is 5.56 Å². The van der Waals surface area contributed by atoms with Crippen LogP contribution in [0, 0.1) is 17.1 Å². The minimum Gasteiger partial charge on any atom is -0.205 e. The highest BCUT2D eigenvalue weighted by molar-refractivity contribution is 6.30. The highest BCUT2D eigenvalue weighted by Gasteiger charge is 2.34. The van der Waals surface area contributed by atoms with Crippen molar-refractivity contribution < 1.29 is 13.2 Å². The largest absolute Gasteiger partial charge is 0.360 e. The van der Waals surface area contributed by atoms with Crippen LogP contribution in [0.5, 0.6) is 0 Å². The van der Waals surface area contributed by atoms with Crippen molar-refractivity contribution in [2.45, 2.75) is 5.92 Å². The van der Waals surface area contributed by atoms with Gasteiger partial charge in [-0.1, -0.05) is 17.7 Å². The summed E-state index contributed by atoms with van der Waals surface area (Å²) in [6.45, 7) is 0. The Morgan fingerprint density at radius 3 is 2.54 bits per heavy atom. The summed E-state index contributed by atoms with van der Waals surface area (Å²) < 4.78 is 38.3. The number of nitriles is 1. The van der Waals surface area contributed by atoms with E-state index in [-0.39, 0.29) is 0 Å². The van der Waals surface area contributed by atoms with E-state index in [9.17, 15) is 13.2 Å². The molecule has 0 radical (unpaired) electrons. The molecule has 5 heteroatoms. The summed E-state index contributed by atoms with van der Waals surface area (Å²) in [6, 6.07) is 3.81. The fourth-order valence-corrected chi connectivity index (χ4v) is 0.981. The Morgan fingerprint density at radius 2 is 2.00 bits per heavy atom. The van der Waals surface area contributed by atoms with Crippen LogP contribution in [0.4, 0.5) is 13.2 Å².